The highest BCUT2D eigenvalue weighted by molar-refractivity contribution is 5.98. The summed E-state index contributed by atoms with van der Waals surface area (Å²) in [5, 5.41) is 5.09. The van der Waals surface area contributed by atoms with Gasteiger partial charge in [0.05, 0.1) is 12.8 Å². The summed E-state index contributed by atoms with van der Waals surface area (Å²) in [6, 6.07) is 12.3. The molecule has 2 heterocycles. The molecule has 1 aliphatic rings. The summed E-state index contributed by atoms with van der Waals surface area (Å²) in [5.41, 5.74) is 1.90. The number of oxazole rings is 1. The number of ether oxygens (including phenoxy) is 1. The van der Waals surface area contributed by atoms with Gasteiger partial charge in [-0.05, 0) is 30.9 Å². The van der Waals surface area contributed by atoms with E-state index in [9.17, 15) is 4.79 Å². The lowest BCUT2D eigenvalue weighted by Gasteiger charge is -2.15. The Kier molecular flexibility index (Phi) is 5.05. The van der Waals surface area contributed by atoms with Crippen molar-refractivity contribution in [3.8, 4) is 17.2 Å². The maximum absolute atomic E-state index is 11.3. The van der Waals surface area contributed by atoms with Crippen molar-refractivity contribution < 1.29 is 13.9 Å². The van der Waals surface area contributed by atoms with Crippen LogP contribution in [0.4, 0.5) is 0 Å². The van der Waals surface area contributed by atoms with E-state index in [1.807, 2.05) is 37.3 Å². The molecule has 1 aliphatic heterocycles. The van der Waals surface area contributed by atoms with E-state index in [2.05, 4.69) is 16.3 Å². The summed E-state index contributed by atoms with van der Waals surface area (Å²) in [5.74, 6) is 2.32. The Labute approximate surface area is 164 Å². The molecule has 0 aliphatic carbocycles. The minimum absolute atomic E-state index is 0.0261. The number of aromatic nitrogens is 1. The van der Waals surface area contributed by atoms with E-state index < -0.39 is 0 Å². The number of carbonyl (C=O) groups is 1. The average Bonchev–Trinajstić information content (AvgIpc) is 3.27. The molecule has 4 rings (SSSR count). The van der Waals surface area contributed by atoms with Crippen LogP contribution in [0.5, 0.6) is 5.75 Å². The summed E-state index contributed by atoms with van der Waals surface area (Å²) in [6.45, 7) is 6.03. The number of benzene rings is 2. The largest absolute Gasteiger partial charge is 0.496 e. The number of likely N-dealkylation sites (tertiary alicyclic amines) is 1. The van der Waals surface area contributed by atoms with Crippen LogP contribution in [-0.2, 0) is 11.3 Å². The predicted octanol–water partition coefficient (Wildman–Crippen LogP) is 3.52. The van der Waals surface area contributed by atoms with Crippen molar-refractivity contribution in [2.24, 2.45) is 0 Å². The zero-order chi connectivity index (χ0) is 19.7. The number of nitrogens with zero attached hydrogens (tertiary/aromatic N) is 2. The van der Waals surface area contributed by atoms with Crippen molar-refractivity contribution in [1.29, 1.82) is 0 Å². The molecular weight excluding hydrogens is 354 g/mol. The Balaban J connectivity index is 1.59. The lowest BCUT2D eigenvalue weighted by molar-refractivity contribution is -0.119. The van der Waals surface area contributed by atoms with E-state index in [4.69, 9.17) is 14.1 Å². The fraction of sp³-hybridized carbons (Fsp3) is 0.364. The third-order valence-electron chi connectivity index (χ3n) is 5.28. The molecule has 1 saturated heterocycles. The molecule has 1 aromatic heterocycles. The van der Waals surface area contributed by atoms with Crippen LogP contribution in [0.15, 0.2) is 40.8 Å². The molecule has 0 saturated carbocycles. The monoisotopic (exact) mass is 379 g/mol. The molecule has 1 atom stereocenters. The van der Waals surface area contributed by atoms with Crippen LogP contribution in [0.25, 0.3) is 22.2 Å². The van der Waals surface area contributed by atoms with Crippen LogP contribution in [0.2, 0.25) is 0 Å². The summed E-state index contributed by atoms with van der Waals surface area (Å²) in [6.07, 6.45) is 0.965. The smallest absolute Gasteiger partial charge is 0.227 e. The van der Waals surface area contributed by atoms with E-state index in [0.717, 1.165) is 59.6 Å². The topological polar surface area (TPSA) is 67.6 Å². The SMILES string of the molecule is COc1ccc(-c2nc(CN3CC[C@@H](NC(C)=O)C3)c(C)o2)c2ccccc12. The maximum Gasteiger partial charge on any atom is 0.227 e. The Morgan fingerprint density at radius 2 is 2.07 bits per heavy atom. The molecule has 1 amide bonds. The summed E-state index contributed by atoms with van der Waals surface area (Å²) in [4.78, 5) is 18.4. The Morgan fingerprint density at radius 1 is 1.29 bits per heavy atom. The second-order valence-electron chi connectivity index (χ2n) is 7.30. The highest BCUT2D eigenvalue weighted by Crippen LogP contribution is 2.34. The molecule has 1 fully saturated rings. The lowest BCUT2D eigenvalue weighted by atomic mass is 10.0. The van der Waals surface area contributed by atoms with Crippen LogP contribution in [0, 0.1) is 6.92 Å². The number of hydrogen-bond donors (Lipinski definition) is 1. The van der Waals surface area contributed by atoms with Crippen LogP contribution in [-0.4, -0.2) is 42.0 Å². The number of hydrogen-bond acceptors (Lipinski definition) is 5. The fourth-order valence-electron chi connectivity index (χ4n) is 3.92. The summed E-state index contributed by atoms with van der Waals surface area (Å²) in [7, 11) is 1.68. The molecule has 0 bridgehead atoms. The highest BCUT2D eigenvalue weighted by atomic mass is 16.5. The molecule has 6 nitrogen and oxygen atoms in total. The minimum Gasteiger partial charge on any atom is -0.496 e. The Bertz CT molecular complexity index is 1010. The first-order valence-corrected chi connectivity index (χ1v) is 9.57. The maximum atomic E-state index is 11.3. The van der Waals surface area contributed by atoms with Gasteiger partial charge in [0.1, 0.15) is 11.5 Å². The highest BCUT2D eigenvalue weighted by Gasteiger charge is 2.25. The van der Waals surface area contributed by atoms with Gasteiger partial charge >= 0.3 is 0 Å². The molecular formula is C22H25N3O3. The molecule has 1 N–H and O–H groups in total. The van der Waals surface area contributed by atoms with Crippen molar-refractivity contribution in [3.05, 3.63) is 47.9 Å². The van der Waals surface area contributed by atoms with Gasteiger partial charge in [0, 0.05) is 43.5 Å². The number of fused-ring (bicyclic) bond motifs is 1. The number of methoxy groups -OCH3 is 1. The number of aryl methyl sites for hydroxylation is 1. The fourth-order valence-corrected chi connectivity index (χ4v) is 3.92. The van der Waals surface area contributed by atoms with Gasteiger partial charge in [-0.3, -0.25) is 9.69 Å². The standard InChI is InChI=1S/C22H25N3O3/c1-14-20(13-25-11-10-16(12-25)23-15(2)26)24-22(28-14)19-8-9-21(27-3)18-7-5-4-6-17(18)19/h4-9,16H,10-13H2,1-3H3,(H,23,26)/t16-/m1/s1. The molecule has 28 heavy (non-hydrogen) atoms. The van der Waals surface area contributed by atoms with Crippen molar-refractivity contribution in [2.45, 2.75) is 32.9 Å². The van der Waals surface area contributed by atoms with Crippen molar-refractivity contribution >= 4 is 16.7 Å². The number of amides is 1. The van der Waals surface area contributed by atoms with Gasteiger partial charge in [-0.25, -0.2) is 4.98 Å². The first kappa shape index (κ1) is 18.5. The van der Waals surface area contributed by atoms with Crippen LogP contribution in [0.1, 0.15) is 24.8 Å². The third kappa shape index (κ3) is 3.60. The van der Waals surface area contributed by atoms with Crippen LogP contribution < -0.4 is 10.1 Å². The number of rotatable bonds is 5. The first-order valence-electron chi connectivity index (χ1n) is 9.57. The minimum atomic E-state index is 0.0261. The first-order chi connectivity index (χ1) is 13.5. The van der Waals surface area contributed by atoms with E-state index in [1.165, 1.54) is 0 Å². The Morgan fingerprint density at radius 3 is 2.82 bits per heavy atom. The molecule has 3 aromatic rings. The van der Waals surface area contributed by atoms with Gasteiger partial charge in [0.15, 0.2) is 0 Å². The van der Waals surface area contributed by atoms with Gasteiger partial charge < -0.3 is 14.5 Å². The lowest BCUT2D eigenvalue weighted by Crippen LogP contribution is -2.35. The van der Waals surface area contributed by atoms with Crippen molar-refractivity contribution in [2.75, 3.05) is 20.2 Å². The van der Waals surface area contributed by atoms with Crippen molar-refractivity contribution in [1.82, 2.24) is 15.2 Å². The molecule has 2 aromatic carbocycles. The second kappa shape index (κ2) is 7.64. The van der Waals surface area contributed by atoms with Gasteiger partial charge in [-0.2, -0.15) is 0 Å². The van der Waals surface area contributed by atoms with E-state index >= 15 is 0 Å². The third-order valence-corrected chi connectivity index (χ3v) is 5.28. The zero-order valence-corrected chi connectivity index (χ0v) is 16.5. The van der Waals surface area contributed by atoms with Crippen molar-refractivity contribution in [3.63, 3.8) is 0 Å². The average molecular weight is 379 g/mol. The predicted molar refractivity (Wildman–Crippen MR) is 108 cm³/mol. The molecule has 146 valence electrons. The normalized spacial score (nSPS) is 17.2. The van der Waals surface area contributed by atoms with Crippen LogP contribution >= 0.6 is 0 Å². The molecule has 0 spiro atoms. The van der Waals surface area contributed by atoms with Gasteiger partial charge in [0.2, 0.25) is 11.8 Å². The number of nitrogens with one attached hydrogen (secondary N) is 1. The van der Waals surface area contributed by atoms with Gasteiger partial charge in [0.25, 0.3) is 0 Å². The molecule has 0 unspecified atom stereocenters. The molecule has 6 heteroatoms. The van der Waals surface area contributed by atoms with E-state index in [1.54, 1.807) is 14.0 Å². The zero-order valence-electron chi connectivity index (χ0n) is 16.5. The second-order valence-corrected chi connectivity index (χ2v) is 7.30. The molecule has 0 radical (unpaired) electrons. The van der Waals surface area contributed by atoms with E-state index in [-0.39, 0.29) is 11.9 Å². The van der Waals surface area contributed by atoms with Crippen LogP contribution in [0.3, 0.4) is 0 Å². The van der Waals surface area contributed by atoms with Gasteiger partial charge in [-0.15, -0.1) is 0 Å². The summed E-state index contributed by atoms with van der Waals surface area (Å²) < 4.78 is 11.5. The Hall–Kier alpha value is -2.86. The number of carbonyl (C=O) groups excluding carboxylic acids is 1. The van der Waals surface area contributed by atoms with E-state index in [0.29, 0.717) is 5.89 Å². The van der Waals surface area contributed by atoms with Gasteiger partial charge in [-0.1, -0.05) is 24.3 Å². The summed E-state index contributed by atoms with van der Waals surface area (Å²) >= 11 is 0. The quantitative estimate of drug-likeness (QED) is 0.735.